The number of guanidine groups is 1. The number of ether oxygens (including phenoxy) is 1. The number of nitrogens with zero attached hydrogens (tertiary/aromatic N) is 3. The largest absolute Gasteiger partial charge is 0.385 e. The van der Waals surface area contributed by atoms with Gasteiger partial charge in [-0.1, -0.05) is 13.8 Å². The van der Waals surface area contributed by atoms with Gasteiger partial charge in [0.1, 0.15) is 0 Å². The summed E-state index contributed by atoms with van der Waals surface area (Å²) in [6.07, 6.45) is 1.98. The number of thiazole rings is 1. The summed E-state index contributed by atoms with van der Waals surface area (Å²) >= 11 is 1.75. The van der Waals surface area contributed by atoms with Crippen molar-refractivity contribution in [3.05, 3.63) is 16.1 Å². The molecule has 7 heteroatoms. The Morgan fingerprint density at radius 1 is 1.36 bits per heavy atom. The van der Waals surface area contributed by atoms with Crippen LogP contribution in [-0.4, -0.2) is 69.3 Å². The fraction of sp³-hybridized carbons (Fsp3) is 0.778. The SMILES string of the molecule is CCNC(=NCCN(C)CCCOC)NCCc1csc(C(C)C)n1. The minimum Gasteiger partial charge on any atom is -0.385 e. The maximum Gasteiger partial charge on any atom is 0.191 e. The highest BCUT2D eigenvalue weighted by atomic mass is 32.1. The molecule has 0 spiro atoms. The van der Waals surface area contributed by atoms with Gasteiger partial charge in [0, 0.05) is 57.6 Å². The van der Waals surface area contributed by atoms with E-state index in [9.17, 15) is 0 Å². The molecule has 0 aliphatic rings. The molecule has 0 radical (unpaired) electrons. The van der Waals surface area contributed by atoms with Crippen LogP contribution in [0.3, 0.4) is 0 Å². The molecule has 2 N–H and O–H groups in total. The van der Waals surface area contributed by atoms with Crippen LogP contribution in [0.1, 0.15) is 43.8 Å². The standard InChI is InChI=1S/C18H35N5OS/c1-6-19-18(21-10-12-23(4)11-7-13-24-5)20-9-8-16-14-25-17(22-16)15(2)3/h14-15H,6-13H2,1-5H3,(H2,19,20,21). The van der Waals surface area contributed by atoms with Gasteiger partial charge in [-0.05, 0) is 20.4 Å². The lowest BCUT2D eigenvalue weighted by molar-refractivity contribution is 0.180. The Hall–Kier alpha value is -1.18. The second-order valence-corrected chi connectivity index (χ2v) is 7.31. The average Bonchev–Trinajstić information content (AvgIpc) is 3.04. The number of methoxy groups -OCH3 is 1. The van der Waals surface area contributed by atoms with Gasteiger partial charge in [-0.3, -0.25) is 4.99 Å². The lowest BCUT2D eigenvalue weighted by Gasteiger charge is -2.16. The summed E-state index contributed by atoms with van der Waals surface area (Å²) in [5, 5.41) is 10.1. The fourth-order valence-corrected chi connectivity index (χ4v) is 3.15. The van der Waals surface area contributed by atoms with Crippen LogP contribution in [-0.2, 0) is 11.2 Å². The molecule has 6 nitrogen and oxygen atoms in total. The van der Waals surface area contributed by atoms with E-state index in [-0.39, 0.29) is 0 Å². The van der Waals surface area contributed by atoms with E-state index in [4.69, 9.17) is 4.74 Å². The first kappa shape index (κ1) is 21.9. The van der Waals surface area contributed by atoms with Crippen molar-refractivity contribution in [3.8, 4) is 0 Å². The third-order valence-corrected chi connectivity index (χ3v) is 4.92. The molecular weight excluding hydrogens is 334 g/mol. The van der Waals surface area contributed by atoms with E-state index >= 15 is 0 Å². The van der Waals surface area contributed by atoms with Crippen molar-refractivity contribution in [3.63, 3.8) is 0 Å². The monoisotopic (exact) mass is 369 g/mol. The van der Waals surface area contributed by atoms with Crippen LogP contribution in [0.4, 0.5) is 0 Å². The van der Waals surface area contributed by atoms with E-state index in [2.05, 4.69) is 58.7 Å². The number of aliphatic imine (C=N–C) groups is 1. The summed E-state index contributed by atoms with van der Waals surface area (Å²) in [4.78, 5) is 11.6. The van der Waals surface area contributed by atoms with Gasteiger partial charge in [0.25, 0.3) is 0 Å². The molecule has 0 bridgehead atoms. The molecule has 0 amide bonds. The molecular formula is C18H35N5OS. The topological polar surface area (TPSA) is 61.8 Å². The van der Waals surface area contributed by atoms with Crippen molar-refractivity contribution in [1.29, 1.82) is 0 Å². The normalized spacial score (nSPS) is 12.2. The van der Waals surface area contributed by atoms with Crippen molar-refractivity contribution >= 4 is 17.3 Å². The molecule has 25 heavy (non-hydrogen) atoms. The zero-order valence-electron chi connectivity index (χ0n) is 16.5. The van der Waals surface area contributed by atoms with Crippen LogP contribution in [0.15, 0.2) is 10.4 Å². The Bertz CT molecular complexity index is 490. The molecule has 0 fully saturated rings. The minimum absolute atomic E-state index is 0.506. The molecule has 1 rings (SSSR count). The molecule has 1 aromatic heterocycles. The van der Waals surface area contributed by atoms with Gasteiger partial charge in [-0.2, -0.15) is 0 Å². The summed E-state index contributed by atoms with van der Waals surface area (Å²) in [5.74, 6) is 1.39. The molecule has 0 atom stereocenters. The van der Waals surface area contributed by atoms with Gasteiger partial charge >= 0.3 is 0 Å². The molecule has 0 saturated carbocycles. The second kappa shape index (κ2) is 13.1. The van der Waals surface area contributed by atoms with Crippen molar-refractivity contribution in [2.75, 3.05) is 53.5 Å². The number of hydrogen-bond acceptors (Lipinski definition) is 5. The Morgan fingerprint density at radius 3 is 2.80 bits per heavy atom. The lowest BCUT2D eigenvalue weighted by atomic mass is 10.2. The highest BCUT2D eigenvalue weighted by Crippen LogP contribution is 2.19. The highest BCUT2D eigenvalue weighted by Gasteiger charge is 2.06. The first-order chi connectivity index (χ1) is 12.1. The summed E-state index contributed by atoms with van der Waals surface area (Å²) in [5.41, 5.74) is 1.16. The first-order valence-electron chi connectivity index (χ1n) is 9.20. The maximum atomic E-state index is 5.08. The Labute approximate surface area is 157 Å². The van der Waals surface area contributed by atoms with Crippen LogP contribution in [0.2, 0.25) is 0 Å². The van der Waals surface area contributed by atoms with Crippen LogP contribution < -0.4 is 10.6 Å². The highest BCUT2D eigenvalue weighted by molar-refractivity contribution is 7.09. The predicted molar refractivity (Wildman–Crippen MR) is 108 cm³/mol. The van der Waals surface area contributed by atoms with Crippen LogP contribution in [0, 0.1) is 0 Å². The number of nitrogens with one attached hydrogen (secondary N) is 2. The van der Waals surface area contributed by atoms with Gasteiger partial charge < -0.3 is 20.3 Å². The van der Waals surface area contributed by atoms with Crippen LogP contribution >= 0.6 is 11.3 Å². The summed E-state index contributed by atoms with van der Waals surface area (Å²) in [6, 6.07) is 0. The van der Waals surface area contributed by atoms with Crippen molar-refractivity contribution in [2.45, 2.75) is 39.5 Å². The Kier molecular flexibility index (Phi) is 11.4. The van der Waals surface area contributed by atoms with E-state index in [1.807, 2.05) is 0 Å². The zero-order chi connectivity index (χ0) is 18.5. The maximum absolute atomic E-state index is 5.08. The first-order valence-corrected chi connectivity index (χ1v) is 10.1. The molecule has 0 aromatic carbocycles. The molecule has 0 aliphatic heterocycles. The second-order valence-electron chi connectivity index (χ2n) is 6.42. The molecule has 1 heterocycles. The van der Waals surface area contributed by atoms with Crippen molar-refractivity contribution in [1.82, 2.24) is 20.5 Å². The summed E-state index contributed by atoms with van der Waals surface area (Å²) in [7, 11) is 3.87. The van der Waals surface area contributed by atoms with E-state index in [0.29, 0.717) is 5.92 Å². The zero-order valence-corrected chi connectivity index (χ0v) is 17.3. The van der Waals surface area contributed by atoms with E-state index in [0.717, 1.165) is 63.8 Å². The number of hydrogen-bond donors (Lipinski definition) is 2. The average molecular weight is 370 g/mol. The number of aromatic nitrogens is 1. The third kappa shape index (κ3) is 9.77. The van der Waals surface area contributed by atoms with E-state index in [1.165, 1.54) is 5.01 Å². The molecule has 144 valence electrons. The van der Waals surface area contributed by atoms with Gasteiger partial charge in [-0.15, -0.1) is 11.3 Å². The smallest absolute Gasteiger partial charge is 0.191 e. The van der Waals surface area contributed by atoms with Gasteiger partial charge in [-0.25, -0.2) is 4.98 Å². The summed E-state index contributed by atoms with van der Waals surface area (Å²) < 4.78 is 5.08. The quantitative estimate of drug-likeness (QED) is 0.336. The molecule has 0 unspecified atom stereocenters. The number of likely N-dealkylation sites (N-methyl/N-ethyl adjacent to an activating group) is 1. The van der Waals surface area contributed by atoms with Gasteiger partial charge in [0.05, 0.1) is 17.2 Å². The van der Waals surface area contributed by atoms with Gasteiger partial charge in [0.2, 0.25) is 0 Å². The lowest BCUT2D eigenvalue weighted by Crippen LogP contribution is -2.39. The molecule has 1 aromatic rings. The van der Waals surface area contributed by atoms with Crippen molar-refractivity contribution in [2.24, 2.45) is 4.99 Å². The van der Waals surface area contributed by atoms with Crippen LogP contribution in [0.25, 0.3) is 0 Å². The predicted octanol–water partition coefficient (Wildman–Crippen LogP) is 2.33. The Morgan fingerprint density at radius 2 is 2.16 bits per heavy atom. The van der Waals surface area contributed by atoms with Gasteiger partial charge in [0.15, 0.2) is 5.96 Å². The minimum atomic E-state index is 0.506. The third-order valence-electron chi connectivity index (χ3n) is 3.72. The fourth-order valence-electron chi connectivity index (χ4n) is 2.28. The van der Waals surface area contributed by atoms with Crippen molar-refractivity contribution < 1.29 is 4.74 Å². The molecule has 0 saturated heterocycles. The van der Waals surface area contributed by atoms with E-state index in [1.54, 1.807) is 18.4 Å². The van der Waals surface area contributed by atoms with Crippen LogP contribution in [0.5, 0.6) is 0 Å². The summed E-state index contributed by atoms with van der Waals surface area (Å²) in [6.45, 7) is 11.7. The molecule has 0 aliphatic carbocycles. The Balaban J connectivity index is 2.32. The number of rotatable bonds is 12. The van der Waals surface area contributed by atoms with E-state index < -0.39 is 0 Å².